The SMILES string of the molecule is Cc1ccc(-c2nc(CCNC(=O)Nc3ccc(Oc4ccc(F)cc4)nc3)co2)cc1. The number of benzene rings is 2. The number of urea groups is 1. The molecule has 0 aliphatic heterocycles. The number of aryl methyl sites for hydroxylation is 1. The van der Waals surface area contributed by atoms with Gasteiger partial charge in [-0.25, -0.2) is 19.2 Å². The number of carbonyl (C=O) groups excluding carboxylic acids is 1. The van der Waals surface area contributed by atoms with Crippen LogP contribution < -0.4 is 15.4 Å². The van der Waals surface area contributed by atoms with Crippen molar-refractivity contribution in [3.05, 3.63) is 90.2 Å². The summed E-state index contributed by atoms with van der Waals surface area (Å²) in [5, 5.41) is 5.47. The van der Waals surface area contributed by atoms with Crippen LogP contribution in [0.5, 0.6) is 11.6 Å². The van der Waals surface area contributed by atoms with Gasteiger partial charge in [0.25, 0.3) is 0 Å². The molecule has 2 heterocycles. The fourth-order valence-electron chi connectivity index (χ4n) is 2.87. The quantitative estimate of drug-likeness (QED) is 0.411. The molecule has 0 spiro atoms. The van der Waals surface area contributed by atoms with Gasteiger partial charge in [0.2, 0.25) is 11.8 Å². The number of nitrogens with one attached hydrogen (secondary N) is 2. The highest BCUT2D eigenvalue weighted by molar-refractivity contribution is 5.89. The number of carbonyl (C=O) groups is 1. The van der Waals surface area contributed by atoms with E-state index in [1.54, 1.807) is 18.4 Å². The van der Waals surface area contributed by atoms with Crippen LogP contribution in [0.1, 0.15) is 11.3 Å². The molecule has 0 unspecified atom stereocenters. The Hall–Kier alpha value is -4.20. The van der Waals surface area contributed by atoms with Crippen molar-refractivity contribution >= 4 is 11.7 Å². The number of ether oxygens (including phenoxy) is 1. The first-order valence-corrected chi connectivity index (χ1v) is 10.0. The van der Waals surface area contributed by atoms with Crippen LogP contribution in [0.2, 0.25) is 0 Å². The molecule has 2 amide bonds. The molecule has 7 nitrogen and oxygen atoms in total. The molecule has 0 bridgehead atoms. The monoisotopic (exact) mass is 432 g/mol. The first-order chi connectivity index (χ1) is 15.5. The molecule has 2 aromatic heterocycles. The van der Waals surface area contributed by atoms with Gasteiger partial charge in [0.1, 0.15) is 17.8 Å². The summed E-state index contributed by atoms with van der Waals surface area (Å²) >= 11 is 0. The first kappa shape index (κ1) is 21.0. The predicted molar refractivity (Wildman–Crippen MR) is 118 cm³/mol. The Balaban J connectivity index is 1.23. The summed E-state index contributed by atoms with van der Waals surface area (Å²) < 4.78 is 24.0. The summed E-state index contributed by atoms with van der Waals surface area (Å²) in [6.07, 6.45) is 3.61. The Morgan fingerprint density at radius 2 is 1.84 bits per heavy atom. The standard InChI is InChI=1S/C24H21FN4O3/c1-16-2-4-17(5-3-16)23-28-20(15-31-23)12-13-26-24(30)29-19-8-11-22(27-14-19)32-21-9-6-18(25)7-10-21/h2-11,14-15H,12-13H2,1H3,(H2,26,29,30). The molecule has 4 aromatic rings. The van der Waals surface area contributed by atoms with Crippen molar-refractivity contribution in [2.45, 2.75) is 13.3 Å². The molecule has 8 heteroatoms. The predicted octanol–water partition coefficient (Wildman–Crippen LogP) is 5.34. The van der Waals surface area contributed by atoms with Crippen LogP contribution in [0, 0.1) is 12.7 Å². The average molecular weight is 432 g/mol. The van der Waals surface area contributed by atoms with Gasteiger partial charge in [0.05, 0.1) is 17.6 Å². The van der Waals surface area contributed by atoms with Gasteiger partial charge in [-0.3, -0.25) is 0 Å². The van der Waals surface area contributed by atoms with E-state index in [0.717, 1.165) is 11.3 Å². The smallest absolute Gasteiger partial charge is 0.319 e. The Bertz CT molecular complexity index is 1170. The summed E-state index contributed by atoms with van der Waals surface area (Å²) in [5.41, 5.74) is 3.34. The molecule has 32 heavy (non-hydrogen) atoms. The second-order valence-electron chi connectivity index (χ2n) is 7.08. The van der Waals surface area contributed by atoms with Crippen molar-refractivity contribution in [2.24, 2.45) is 0 Å². The average Bonchev–Trinajstić information content (AvgIpc) is 3.26. The largest absolute Gasteiger partial charge is 0.444 e. The molecule has 162 valence electrons. The number of halogens is 1. The summed E-state index contributed by atoms with van der Waals surface area (Å²) in [6, 6.07) is 16.5. The molecular weight excluding hydrogens is 411 g/mol. The number of anilines is 1. The van der Waals surface area contributed by atoms with Gasteiger partial charge in [-0.1, -0.05) is 17.7 Å². The third-order valence-electron chi connectivity index (χ3n) is 4.55. The molecule has 0 saturated heterocycles. The zero-order valence-electron chi connectivity index (χ0n) is 17.3. The number of nitrogens with zero attached hydrogens (tertiary/aromatic N) is 2. The number of oxazole rings is 1. The molecular formula is C24H21FN4O3. The molecule has 4 rings (SSSR count). The van der Waals surface area contributed by atoms with Crippen molar-refractivity contribution in [3.8, 4) is 23.1 Å². The summed E-state index contributed by atoms with van der Waals surface area (Å²) in [7, 11) is 0. The van der Waals surface area contributed by atoms with Crippen molar-refractivity contribution < 1.29 is 18.3 Å². The maximum absolute atomic E-state index is 12.9. The fraction of sp³-hybridized carbons (Fsp3) is 0.125. The van der Waals surface area contributed by atoms with Crippen molar-refractivity contribution in [1.29, 1.82) is 0 Å². The van der Waals surface area contributed by atoms with Gasteiger partial charge in [0.15, 0.2) is 0 Å². The van der Waals surface area contributed by atoms with E-state index in [1.165, 1.54) is 36.0 Å². The lowest BCUT2D eigenvalue weighted by atomic mass is 10.1. The summed E-state index contributed by atoms with van der Waals surface area (Å²) in [6.45, 7) is 2.42. The van der Waals surface area contributed by atoms with Crippen LogP contribution >= 0.6 is 0 Å². The molecule has 0 radical (unpaired) electrons. The second-order valence-corrected chi connectivity index (χ2v) is 7.08. The molecule has 2 aromatic carbocycles. The van der Waals surface area contributed by atoms with E-state index >= 15 is 0 Å². The third-order valence-corrected chi connectivity index (χ3v) is 4.55. The lowest BCUT2D eigenvalue weighted by molar-refractivity contribution is 0.252. The lowest BCUT2D eigenvalue weighted by Gasteiger charge is -2.08. The van der Waals surface area contributed by atoms with E-state index in [-0.39, 0.29) is 11.8 Å². The number of pyridine rings is 1. The van der Waals surface area contributed by atoms with E-state index in [4.69, 9.17) is 9.15 Å². The molecule has 0 aliphatic carbocycles. The third kappa shape index (κ3) is 5.69. The Morgan fingerprint density at radius 1 is 1.06 bits per heavy atom. The molecule has 2 N–H and O–H groups in total. The van der Waals surface area contributed by atoms with Crippen LogP contribution in [-0.2, 0) is 6.42 Å². The van der Waals surface area contributed by atoms with E-state index in [9.17, 15) is 9.18 Å². The minimum absolute atomic E-state index is 0.331. The van der Waals surface area contributed by atoms with Gasteiger partial charge in [-0.05, 0) is 49.4 Å². The first-order valence-electron chi connectivity index (χ1n) is 10.0. The molecule has 0 fully saturated rings. The highest BCUT2D eigenvalue weighted by atomic mass is 19.1. The topological polar surface area (TPSA) is 89.3 Å². The zero-order valence-corrected chi connectivity index (χ0v) is 17.3. The Labute approximate surface area is 184 Å². The van der Waals surface area contributed by atoms with E-state index < -0.39 is 0 Å². The van der Waals surface area contributed by atoms with E-state index in [0.29, 0.717) is 36.2 Å². The normalized spacial score (nSPS) is 10.6. The number of rotatable bonds is 7. The second kappa shape index (κ2) is 9.74. The minimum Gasteiger partial charge on any atom is -0.444 e. The van der Waals surface area contributed by atoms with E-state index in [2.05, 4.69) is 20.6 Å². The Kier molecular flexibility index (Phi) is 6.41. The summed E-state index contributed by atoms with van der Waals surface area (Å²) in [4.78, 5) is 20.7. The summed E-state index contributed by atoms with van der Waals surface area (Å²) in [5.74, 6) is 1.01. The highest BCUT2D eigenvalue weighted by Gasteiger charge is 2.08. The number of hydrogen-bond acceptors (Lipinski definition) is 5. The lowest BCUT2D eigenvalue weighted by Crippen LogP contribution is -2.30. The molecule has 0 saturated carbocycles. The van der Waals surface area contributed by atoms with E-state index in [1.807, 2.05) is 31.2 Å². The fourth-order valence-corrected chi connectivity index (χ4v) is 2.87. The number of hydrogen-bond donors (Lipinski definition) is 2. The van der Waals surface area contributed by atoms with Crippen LogP contribution in [0.4, 0.5) is 14.9 Å². The van der Waals surface area contributed by atoms with Gasteiger partial charge in [-0.15, -0.1) is 0 Å². The maximum atomic E-state index is 12.9. The maximum Gasteiger partial charge on any atom is 0.319 e. The number of amides is 2. The van der Waals surface area contributed by atoms with Crippen LogP contribution in [0.25, 0.3) is 11.5 Å². The molecule has 0 atom stereocenters. The molecule has 0 aliphatic rings. The van der Waals surface area contributed by atoms with Gasteiger partial charge >= 0.3 is 6.03 Å². The van der Waals surface area contributed by atoms with Gasteiger partial charge in [-0.2, -0.15) is 0 Å². The van der Waals surface area contributed by atoms with Crippen LogP contribution in [-0.4, -0.2) is 22.5 Å². The van der Waals surface area contributed by atoms with Crippen LogP contribution in [0.3, 0.4) is 0 Å². The zero-order chi connectivity index (χ0) is 22.3. The van der Waals surface area contributed by atoms with Gasteiger partial charge in [0, 0.05) is 24.6 Å². The minimum atomic E-state index is -0.360. The van der Waals surface area contributed by atoms with Crippen molar-refractivity contribution in [1.82, 2.24) is 15.3 Å². The van der Waals surface area contributed by atoms with Gasteiger partial charge < -0.3 is 19.8 Å². The van der Waals surface area contributed by atoms with Crippen LogP contribution in [0.15, 0.2) is 77.5 Å². The van der Waals surface area contributed by atoms with Crippen molar-refractivity contribution in [2.75, 3.05) is 11.9 Å². The number of aromatic nitrogens is 2. The Morgan fingerprint density at radius 3 is 2.56 bits per heavy atom. The van der Waals surface area contributed by atoms with Crippen molar-refractivity contribution in [3.63, 3.8) is 0 Å². The highest BCUT2D eigenvalue weighted by Crippen LogP contribution is 2.21.